The van der Waals surface area contributed by atoms with Gasteiger partial charge in [-0.25, -0.2) is 9.97 Å². The summed E-state index contributed by atoms with van der Waals surface area (Å²) in [5.41, 5.74) is 0. The quantitative estimate of drug-likeness (QED) is 0.754. The summed E-state index contributed by atoms with van der Waals surface area (Å²) in [6.45, 7) is 5.87. The highest BCUT2D eigenvalue weighted by atomic mass is 16.3. The topological polar surface area (TPSA) is 61.3 Å². The number of nitrogens with one attached hydrogen (secondary N) is 1. The average Bonchev–Trinajstić information content (AvgIpc) is 2.27. The minimum absolute atomic E-state index is 0.120. The van der Waals surface area contributed by atoms with Crippen LogP contribution >= 0.6 is 0 Å². The van der Waals surface area contributed by atoms with Gasteiger partial charge in [0, 0.05) is 26.2 Å². The van der Waals surface area contributed by atoms with Crippen LogP contribution in [0.3, 0.4) is 0 Å². The van der Waals surface area contributed by atoms with Gasteiger partial charge in [0.2, 0.25) is 0 Å². The minimum atomic E-state index is 0.120. The first-order valence-electron chi connectivity index (χ1n) is 5.51. The highest BCUT2D eigenvalue weighted by Gasteiger charge is 2.03. The second-order valence-corrected chi connectivity index (χ2v) is 4.18. The van der Waals surface area contributed by atoms with Crippen LogP contribution < -0.4 is 10.2 Å². The molecule has 0 fully saturated rings. The Bertz CT molecular complexity index is 317. The molecule has 1 aromatic rings. The zero-order chi connectivity index (χ0) is 12.0. The van der Waals surface area contributed by atoms with Gasteiger partial charge in [-0.2, -0.15) is 0 Å². The van der Waals surface area contributed by atoms with Crippen molar-refractivity contribution in [2.45, 2.75) is 13.8 Å². The second kappa shape index (κ2) is 6.27. The first kappa shape index (κ1) is 12.7. The van der Waals surface area contributed by atoms with E-state index in [0.717, 1.165) is 18.2 Å². The molecule has 5 nitrogen and oxygen atoms in total. The molecule has 0 aliphatic carbocycles. The van der Waals surface area contributed by atoms with Gasteiger partial charge in [0.15, 0.2) is 0 Å². The monoisotopic (exact) mass is 224 g/mol. The summed E-state index contributed by atoms with van der Waals surface area (Å²) in [4.78, 5) is 10.2. The number of nitrogens with zero attached hydrogens (tertiary/aromatic N) is 3. The molecule has 1 heterocycles. The molecule has 16 heavy (non-hydrogen) atoms. The zero-order valence-corrected chi connectivity index (χ0v) is 10.1. The molecule has 5 heteroatoms. The molecular formula is C11H20N4O. The van der Waals surface area contributed by atoms with Crippen molar-refractivity contribution < 1.29 is 5.11 Å². The van der Waals surface area contributed by atoms with Crippen molar-refractivity contribution in [2.75, 3.05) is 37.0 Å². The highest BCUT2D eigenvalue weighted by molar-refractivity contribution is 5.47. The molecular weight excluding hydrogens is 204 g/mol. The molecule has 0 spiro atoms. The largest absolute Gasteiger partial charge is 0.395 e. The molecule has 0 bridgehead atoms. The number of aliphatic hydroxyl groups excluding tert-OH is 1. The van der Waals surface area contributed by atoms with E-state index in [9.17, 15) is 0 Å². The van der Waals surface area contributed by atoms with Crippen LogP contribution in [0, 0.1) is 5.92 Å². The SMILES string of the molecule is CC(C)CNc1cc(N(C)CCO)ncn1. The number of anilines is 2. The Morgan fingerprint density at radius 2 is 2.19 bits per heavy atom. The summed E-state index contributed by atoms with van der Waals surface area (Å²) in [6.07, 6.45) is 1.53. The van der Waals surface area contributed by atoms with Crippen LogP contribution in [-0.2, 0) is 0 Å². The Labute approximate surface area is 96.5 Å². The number of hydrogen-bond acceptors (Lipinski definition) is 5. The maximum atomic E-state index is 8.84. The van der Waals surface area contributed by atoms with Crippen LogP contribution in [0.25, 0.3) is 0 Å². The predicted molar refractivity (Wildman–Crippen MR) is 65.7 cm³/mol. The lowest BCUT2D eigenvalue weighted by Crippen LogP contribution is -2.22. The average molecular weight is 224 g/mol. The lowest BCUT2D eigenvalue weighted by Gasteiger charge is -2.17. The molecule has 1 rings (SSSR count). The number of rotatable bonds is 6. The molecule has 2 N–H and O–H groups in total. The van der Waals surface area contributed by atoms with E-state index in [4.69, 9.17) is 5.11 Å². The summed E-state index contributed by atoms with van der Waals surface area (Å²) in [6, 6.07) is 1.89. The molecule has 0 radical (unpaired) electrons. The Kier molecular flexibility index (Phi) is 4.98. The van der Waals surface area contributed by atoms with Gasteiger partial charge >= 0.3 is 0 Å². The van der Waals surface area contributed by atoms with E-state index in [1.54, 1.807) is 0 Å². The fourth-order valence-electron chi connectivity index (χ4n) is 1.23. The molecule has 0 amide bonds. The van der Waals surface area contributed by atoms with E-state index < -0.39 is 0 Å². The molecule has 0 aliphatic rings. The standard InChI is InChI=1S/C11H20N4O/c1-9(2)7-12-10-6-11(14-8-13-10)15(3)4-5-16/h6,8-9,16H,4-5,7H2,1-3H3,(H,12,13,14). The number of likely N-dealkylation sites (N-methyl/N-ethyl adjacent to an activating group) is 1. The van der Waals surface area contributed by atoms with Gasteiger partial charge in [-0.3, -0.25) is 0 Å². The minimum Gasteiger partial charge on any atom is -0.395 e. The zero-order valence-electron chi connectivity index (χ0n) is 10.1. The molecule has 90 valence electrons. The van der Waals surface area contributed by atoms with E-state index in [1.165, 1.54) is 6.33 Å². The van der Waals surface area contributed by atoms with Crippen LogP contribution in [0.2, 0.25) is 0 Å². The van der Waals surface area contributed by atoms with E-state index in [-0.39, 0.29) is 6.61 Å². The molecule has 0 atom stereocenters. The Morgan fingerprint density at radius 3 is 2.81 bits per heavy atom. The van der Waals surface area contributed by atoms with Gasteiger partial charge in [0.1, 0.15) is 18.0 Å². The van der Waals surface area contributed by atoms with Crippen molar-refractivity contribution in [1.82, 2.24) is 9.97 Å². The highest BCUT2D eigenvalue weighted by Crippen LogP contribution is 2.12. The lowest BCUT2D eigenvalue weighted by atomic mass is 10.2. The molecule has 0 aliphatic heterocycles. The summed E-state index contributed by atoms with van der Waals surface area (Å²) in [7, 11) is 1.89. The second-order valence-electron chi connectivity index (χ2n) is 4.18. The Morgan fingerprint density at radius 1 is 1.44 bits per heavy atom. The Hall–Kier alpha value is -1.36. The van der Waals surface area contributed by atoms with Crippen LogP contribution in [0.1, 0.15) is 13.8 Å². The molecule has 0 saturated carbocycles. The van der Waals surface area contributed by atoms with E-state index in [0.29, 0.717) is 12.5 Å². The maximum absolute atomic E-state index is 8.84. The van der Waals surface area contributed by atoms with Crippen molar-refractivity contribution in [3.63, 3.8) is 0 Å². The third-order valence-electron chi connectivity index (χ3n) is 2.17. The molecule has 0 aromatic carbocycles. The van der Waals surface area contributed by atoms with E-state index >= 15 is 0 Å². The summed E-state index contributed by atoms with van der Waals surface area (Å²) < 4.78 is 0. The number of aliphatic hydroxyl groups is 1. The van der Waals surface area contributed by atoms with Crippen molar-refractivity contribution in [3.05, 3.63) is 12.4 Å². The van der Waals surface area contributed by atoms with E-state index in [1.807, 2.05) is 18.0 Å². The van der Waals surface area contributed by atoms with E-state index in [2.05, 4.69) is 29.1 Å². The fraction of sp³-hybridized carbons (Fsp3) is 0.636. The van der Waals surface area contributed by atoms with Crippen LogP contribution in [0.5, 0.6) is 0 Å². The smallest absolute Gasteiger partial charge is 0.133 e. The maximum Gasteiger partial charge on any atom is 0.133 e. The van der Waals surface area contributed by atoms with Crippen LogP contribution in [0.15, 0.2) is 12.4 Å². The van der Waals surface area contributed by atoms with Gasteiger partial charge in [-0.15, -0.1) is 0 Å². The first-order chi connectivity index (χ1) is 7.63. The van der Waals surface area contributed by atoms with Crippen LogP contribution in [0.4, 0.5) is 11.6 Å². The van der Waals surface area contributed by atoms with Crippen molar-refractivity contribution >= 4 is 11.6 Å². The Balaban J connectivity index is 2.63. The third-order valence-corrected chi connectivity index (χ3v) is 2.17. The van der Waals surface area contributed by atoms with Gasteiger partial charge in [-0.1, -0.05) is 13.8 Å². The van der Waals surface area contributed by atoms with Crippen molar-refractivity contribution in [1.29, 1.82) is 0 Å². The number of aromatic nitrogens is 2. The first-order valence-corrected chi connectivity index (χ1v) is 5.51. The summed E-state index contributed by atoms with van der Waals surface area (Å²) in [5, 5.41) is 12.1. The lowest BCUT2D eigenvalue weighted by molar-refractivity contribution is 0.304. The molecule has 1 aromatic heterocycles. The van der Waals surface area contributed by atoms with Gasteiger partial charge in [-0.05, 0) is 5.92 Å². The fourth-order valence-corrected chi connectivity index (χ4v) is 1.23. The van der Waals surface area contributed by atoms with Crippen LogP contribution in [-0.4, -0.2) is 41.8 Å². The third kappa shape index (κ3) is 4.02. The molecule has 0 saturated heterocycles. The number of hydrogen-bond donors (Lipinski definition) is 2. The van der Waals surface area contributed by atoms with Crippen molar-refractivity contribution in [2.24, 2.45) is 5.92 Å². The van der Waals surface area contributed by atoms with Gasteiger partial charge in [0.05, 0.1) is 6.61 Å². The van der Waals surface area contributed by atoms with Gasteiger partial charge in [0.25, 0.3) is 0 Å². The molecule has 0 unspecified atom stereocenters. The summed E-state index contributed by atoms with van der Waals surface area (Å²) in [5.74, 6) is 2.22. The predicted octanol–water partition coefficient (Wildman–Crippen LogP) is 0.973. The van der Waals surface area contributed by atoms with Crippen molar-refractivity contribution in [3.8, 4) is 0 Å². The van der Waals surface area contributed by atoms with Gasteiger partial charge < -0.3 is 15.3 Å². The summed E-state index contributed by atoms with van der Waals surface area (Å²) >= 11 is 0. The normalized spacial score (nSPS) is 10.6.